The number of amides is 2. The number of rotatable bonds is 9. The summed E-state index contributed by atoms with van der Waals surface area (Å²) in [6, 6.07) is 6.34. The molecule has 6 heteroatoms. The van der Waals surface area contributed by atoms with Gasteiger partial charge in [-0.25, -0.2) is 4.79 Å². The minimum Gasteiger partial charge on any atom is -0.481 e. The number of benzene rings is 1. The molecular weight excluding hydrogens is 272 g/mol. The highest BCUT2D eigenvalue weighted by Crippen LogP contribution is 2.09. The summed E-state index contributed by atoms with van der Waals surface area (Å²) in [5, 5.41) is 14.0. The number of nitrogens with one attached hydrogen (secondary N) is 2. The first kappa shape index (κ1) is 16.7. The molecule has 0 aliphatic carbocycles. The summed E-state index contributed by atoms with van der Waals surface area (Å²) in [5.41, 5.74) is 1.29. The molecule has 0 saturated heterocycles. The first-order valence-electron chi connectivity index (χ1n) is 6.66. The lowest BCUT2D eigenvalue weighted by Crippen LogP contribution is -2.31. The molecule has 0 radical (unpaired) electrons. The highest BCUT2D eigenvalue weighted by atomic mass is 16.5. The van der Waals surface area contributed by atoms with Crippen molar-refractivity contribution in [1.82, 2.24) is 5.32 Å². The van der Waals surface area contributed by atoms with Crippen molar-refractivity contribution < 1.29 is 19.4 Å². The lowest BCUT2D eigenvalue weighted by molar-refractivity contribution is -0.136. The summed E-state index contributed by atoms with van der Waals surface area (Å²) in [6.07, 6.45) is 2.53. The van der Waals surface area contributed by atoms with E-state index in [0.29, 0.717) is 31.0 Å². The first-order valence-corrected chi connectivity index (χ1v) is 6.66. The van der Waals surface area contributed by atoms with E-state index in [0.717, 1.165) is 6.42 Å². The largest absolute Gasteiger partial charge is 0.481 e. The molecule has 21 heavy (non-hydrogen) atoms. The monoisotopic (exact) mass is 292 g/mol. The summed E-state index contributed by atoms with van der Waals surface area (Å²) >= 11 is 0. The van der Waals surface area contributed by atoms with Gasteiger partial charge < -0.3 is 20.5 Å². The minimum absolute atomic E-state index is 0.0332. The van der Waals surface area contributed by atoms with Crippen molar-refractivity contribution in [1.29, 1.82) is 0 Å². The van der Waals surface area contributed by atoms with Gasteiger partial charge in [0.15, 0.2) is 0 Å². The fourth-order valence-corrected chi connectivity index (χ4v) is 1.56. The molecule has 0 atom stereocenters. The van der Waals surface area contributed by atoms with E-state index in [1.165, 1.54) is 0 Å². The van der Waals surface area contributed by atoms with Crippen molar-refractivity contribution in [2.75, 3.05) is 25.1 Å². The Kier molecular flexibility index (Phi) is 7.60. The number of anilines is 1. The van der Waals surface area contributed by atoms with Crippen molar-refractivity contribution >= 4 is 17.7 Å². The van der Waals surface area contributed by atoms with E-state index in [1.54, 1.807) is 30.3 Å². The van der Waals surface area contributed by atoms with E-state index in [4.69, 9.17) is 9.84 Å². The van der Waals surface area contributed by atoms with Crippen LogP contribution in [0.4, 0.5) is 10.5 Å². The van der Waals surface area contributed by atoms with Crippen LogP contribution in [-0.4, -0.2) is 36.9 Å². The van der Waals surface area contributed by atoms with Gasteiger partial charge in [0.1, 0.15) is 0 Å². The van der Waals surface area contributed by atoms with E-state index in [2.05, 4.69) is 17.2 Å². The van der Waals surface area contributed by atoms with Gasteiger partial charge in [-0.1, -0.05) is 18.2 Å². The molecule has 0 aliphatic heterocycles. The molecule has 0 aliphatic rings. The Morgan fingerprint density at radius 2 is 1.95 bits per heavy atom. The summed E-state index contributed by atoms with van der Waals surface area (Å²) in [4.78, 5) is 22.1. The Hall–Kier alpha value is -2.34. The van der Waals surface area contributed by atoms with Crippen LogP contribution in [0, 0.1) is 0 Å². The van der Waals surface area contributed by atoms with E-state index >= 15 is 0 Å². The Labute approximate surface area is 123 Å². The molecule has 114 valence electrons. The zero-order valence-corrected chi connectivity index (χ0v) is 11.8. The highest BCUT2D eigenvalue weighted by Gasteiger charge is 2.03. The van der Waals surface area contributed by atoms with Gasteiger partial charge in [-0.2, -0.15) is 0 Å². The molecule has 1 aromatic rings. The van der Waals surface area contributed by atoms with Crippen LogP contribution in [0.1, 0.15) is 12.0 Å². The maximum absolute atomic E-state index is 11.6. The molecule has 6 nitrogen and oxygen atoms in total. The molecule has 0 spiro atoms. The van der Waals surface area contributed by atoms with Crippen molar-refractivity contribution in [3.63, 3.8) is 0 Å². The molecule has 3 N–H and O–H groups in total. The number of aliphatic carboxylic acids is 1. The Morgan fingerprint density at radius 1 is 1.24 bits per heavy atom. The smallest absolute Gasteiger partial charge is 0.319 e. The van der Waals surface area contributed by atoms with Crippen LogP contribution in [0.2, 0.25) is 0 Å². The average molecular weight is 292 g/mol. The van der Waals surface area contributed by atoms with Crippen LogP contribution in [-0.2, 0) is 16.0 Å². The topological polar surface area (TPSA) is 87.7 Å². The molecule has 0 bridgehead atoms. The number of carbonyl (C=O) groups excluding carboxylic acids is 1. The number of urea groups is 1. The predicted octanol–water partition coefficient (Wildman–Crippen LogP) is 2.03. The number of carboxylic acids is 1. The van der Waals surface area contributed by atoms with Crippen LogP contribution in [0.5, 0.6) is 0 Å². The first-order chi connectivity index (χ1) is 10.1. The number of carboxylic acid groups (broad SMARTS) is 1. The molecule has 0 saturated carbocycles. The molecule has 0 heterocycles. The SMILES string of the molecule is C=CCCOCCNC(=O)Nc1ccc(CC(=O)O)cc1. The molecule has 0 fully saturated rings. The summed E-state index contributed by atoms with van der Waals surface area (Å²) in [5.74, 6) is -0.884. The Balaban J connectivity index is 2.24. The van der Waals surface area contributed by atoms with Gasteiger partial charge >= 0.3 is 12.0 Å². The lowest BCUT2D eigenvalue weighted by Gasteiger charge is -2.08. The Bertz CT molecular complexity index is 471. The van der Waals surface area contributed by atoms with Crippen molar-refractivity contribution in [2.45, 2.75) is 12.8 Å². The second-order valence-corrected chi connectivity index (χ2v) is 4.34. The summed E-state index contributed by atoms with van der Waals surface area (Å²) in [6.45, 7) is 5.04. The average Bonchev–Trinajstić information content (AvgIpc) is 2.44. The van der Waals surface area contributed by atoms with Crippen LogP contribution in [0.25, 0.3) is 0 Å². The van der Waals surface area contributed by atoms with Crippen LogP contribution >= 0.6 is 0 Å². The van der Waals surface area contributed by atoms with E-state index in [9.17, 15) is 9.59 Å². The molecule has 1 rings (SSSR count). The minimum atomic E-state index is -0.884. The number of hydrogen-bond acceptors (Lipinski definition) is 3. The summed E-state index contributed by atoms with van der Waals surface area (Å²) in [7, 11) is 0. The summed E-state index contributed by atoms with van der Waals surface area (Å²) < 4.78 is 5.26. The third-order valence-corrected chi connectivity index (χ3v) is 2.57. The molecular formula is C15H20N2O4. The third kappa shape index (κ3) is 7.74. The lowest BCUT2D eigenvalue weighted by atomic mass is 10.1. The predicted molar refractivity (Wildman–Crippen MR) is 80.4 cm³/mol. The van der Waals surface area contributed by atoms with Gasteiger partial charge in [-0.15, -0.1) is 6.58 Å². The zero-order valence-electron chi connectivity index (χ0n) is 11.8. The van der Waals surface area contributed by atoms with Gasteiger partial charge in [-0.05, 0) is 24.1 Å². The van der Waals surface area contributed by atoms with Crippen LogP contribution < -0.4 is 10.6 Å². The fourth-order valence-electron chi connectivity index (χ4n) is 1.56. The van der Waals surface area contributed by atoms with Gasteiger partial charge in [0.25, 0.3) is 0 Å². The molecule has 1 aromatic carbocycles. The fraction of sp³-hybridized carbons (Fsp3) is 0.333. The number of hydrogen-bond donors (Lipinski definition) is 3. The quantitative estimate of drug-likeness (QED) is 0.480. The molecule has 0 unspecified atom stereocenters. The van der Waals surface area contributed by atoms with Crippen LogP contribution in [0.3, 0.4) is 0 Å². The maximum Gasteiger partial charge on any atom is 0.319 e. The van der Waals surface area contributed by atoms with Crippen LogP contribution in [0.15, 0.2) is 36.9 Å². The normalized spacial score (nSPS) is 9.90. The number of carbonyl (C=O) groups is 2. The molecule has 2 amide bonds. The second-order valence-electron chi connectivity index (χ2n) is 4.34. The van der Waals surface area contributed by atoms with E-state index in [1.807, 2.05) is 0 Å². The second kappa shape index (κ2) is 9.55. The van der Waals surface area contributed by atoms with Crippen molar-refractivity contribution in [3.05, 3.63) is 42.5 Å². The van der Waals surface area contributed by atoms with E-state index < -0.39 is 5.97 Å². The number of ether oxygens (including phenoxy) is 1. The van der Waals surface area contributed by atoms with Gasteiger partial charge in [0.2, 0.25) is 0 Å². The third-order valence-electron chi connectivity index (χ3n) is 2.57. The molecule has 0 aromatic heterocycles. The highest BCUT2D eigenvalue weighted by molar-refractivity contribution is 5.89. The maximum atomic E-state index is 11.6. The van der Waals surface area contributed by atoms with Gasteiger partial charge in [0.05, 0.1) is 19.6 Å². The van der Waals surface area contributed by atoms with Crippen molar-refractivity contribution in [2.24, 2.45) is 0 Å². The Morgan fingerprint density at radius 3 is 2.57 bits per heavy atom. The van der Waals surface area contributed by atoms with Gasteiger partial charge in [-0.3, -0.25) is 4.79 Å². The standard InChI is InChI=1S/C15H20N2O4/c1-2-3-9-21-10-8-16-15(20)17-13-6-4-12(5-7-13)11-14(18)19/h2,4-7H,1,3,8-11H2,(H,18,19)(H2,16,17,20). The van der Waals surface area contributed by atoms with Gasteiger partial charge in [0, 0.05) is 12.2 Å². The zero-order chi connectivity index (χ0) is 15.5. The van der Waals surface area contributed by atoms with E-state index in [-0.39, 0.29) is 12.5 Å². The van der Waals surface area contributed by atoms with Crippen molar-refractivity contribution in [3.8, 4) is 0 Å².